The second kappa shape index (κ2) is 6.17. The predicted octanol–water partition coefficient (Wildman–Crippen LogP) is 2.33. The van der Waals surface area contributed by atoms with Crippen molar-refractivity contribution in [1.29, 1.82) is 0 Å². The topological polar surface area (TPSA) is 43.1 Å². The van der Waals surface area contributed by atoms with Crippen LogP contribution in [0.3, 0.4) is 0 Å². The van der Waals surface area contributed by atoms with Crippen LogP contribution in [0, 0.1) is 0 Å². The number of rotatable bonds is 3. The van der Waals surface area contributed by atoms with Gasteiger partial charge in [0.05, 0.1) is 6.04 Å². The van der Waals surface area contributed by atoms with E-state index < -0.39 is 0 Å². The third-order valence-corrected chi connectivity index (χ3v) is 2.42. The summed E-state index contributed by atoms with van der Waals surface area (Å²) in [7, 11) is 0. The molecule has 0 fully saturated rings. The van der Waals surface area contributed by atoms with Crippen LogP contribution >= 0.6 is 28.3 Å². The maximum absolute atomic E-state index is 10.9. The fourth-order valence-electron chi connectivity index (χ4n) is 1.02. The zero-order valence-electron chi connectivity index (χ0n) is 7.87. The Kier molecular flexibility index (Phi) is 6.00. The molecule has 78 valence electrons. The Bertz CT molecular complexity index is 299. The molecule has 4 heteroatoms. The molecule has 0 aliphatic heterocycles. The SMILES string of the molecule is CC(=O)C(N)Cc1ccc(Br)cc1.Cl. The Morgan fingerprint density at radius 3 is 2.36 bits per heavy atom. The summed E-state index contributed by atoms with van der Waals surface area (Å²) in [6.45, 7) is 1.52. The van der Waals surface area contributed by atoms with E-state index in [1.807, 2.05) is 24.3 Å². The van der Waals surface area contributed by atoms with Crippen LogP contribution in [0.15, 0.2) is 28.7 Å². The van der Waals surface area contributed by atoms with E-state index in [-0.39, 0.29) is 24.2 Å². The van der Waals surface area contributed by atoms with Gasteiger partial charge in [0.15, 0.2) is 0 Å². The summed E-state index contributed by atoms with van der Waals surface area (Å²) in [6, 6.07) is 7.45. The van der Waals surface area contributed by atoms with E-state index in [0.29, 0.717) is 6.42 Å². The minimum Gasteiger partial charge on any atom is -0.321 e. The van der Waals surface area contributed by atoms with Gasteiger partial charge in [-0.2, -0.15) is 0 Å². The second-order valence-electron chi connectivity index (χ2n) is 3.05. The highest BCUT2D eigenvalue weighted by atomic mass is 79.9. The molecule has 0 spiro atoms. The van der Waals surface area contributed by atoms with Crippen molar-refractivity contribution in [1.82, 2.24) is 0 Å². The largest absolute Gasteiger partial charge is 0.321 e. The Morgan fingerprint density at radius 2 is 1.93 bits per heavy atom. The Morgan fingerprint density at radius 1 is 1.43 bits per heavy atom. The molecule has 14 heavy (non-hydrogen) atoms. The molecule has 0 aliphatic rings. The Hall–Kier alpha value is -0.380. The molecule has 0 bridgehead atoms. The molecule has 0 aliphatic carbocycles. The van der Waals surface area contributed by atoms with E-state index >= 15 is 0 Å². The van der Waals surface area contributed by atoms with E-state index in [4.69, 9.17) is 5.73 Å². The molecule has 0 radical (unpaired) electrons. The Balaban J connectivity index is 0.00000169. The van der Waals surface area contributed by atoms with E-state index in [2.05, 4.69) is 15.9 Å². The van der Waals surface area contributed by atoms with Crippen LogP contribution in [0.5, 0.6) is 0 Å². The molecule has 2 N–H and O–H groups in total. The minimum absolute atomic E-state index is 0. The number of hydrogen-bond donors (Lipinski definition) is 1. The standard InChI is InChI=1S/C10H12BrNO.ClH/c1-7(13)10(12)6-8-2-4-9(11)5-3-8;/h2-5,10H,6,12H2,1H3;1H. The van der Waals surface area contributed by atoms with Gasteiger partial charge in [0, 0.05) is 4.47 Å². The smallest absolute Gasteiger partial charge is 0.146 e. The highest BCUT2D eigenvalue weighted by Gasteiger charge is 2.08. The molecule has 0 saturated carbocycles. The molecule has 2 nitrogen and oxygen atoms in total. The first kappa shape index (κ1) is 13.6. The van der Waals surface area contributed by atoms with Gasteiger partial charge < -0.3 is 5.73 Å². The lowest BCUT2D eigenvalue weighted by atomic mass is 10.0. The lowest BCUT2D eigenvalue weighted by Gasteiger charge is -2.07. The summed E-state index contributed by atoms with van der Waals surface area (Å²) in [5, 5.41) is 0. The number of ketones is 1. The molecule has 0 amide bonds. The molecule has 0 saturated heterocycles. The molecule has 1 atom stereocenters. The zero-order valence-corrected chi connectivity index (χ0v) is 10.3. The quantitative estimate of drug-likeness (QED) is 0.922. The molecule has 1 aromatic rings. The van der Waals surface area contributed by atoms with Crippen LogP contribution in [-0.4, -0.2) is 11.8 Å². The van der Waals surface area contributed by atoms with E-state index in [9.17, 15) is 4.79 Å². The van der Waals surface area contributed by atoms with Crippen molar-refractivity contribution in [2.75, 3.05) is 0 Å². The van der Waals surface area contributed by atoms with Crippen LogP contribution < -0.4 is 5.73 Å². The molecule has 0 aromatic heterocycles. The number of Topliss-reactive ketones (excluding diaryl/α,β-unsaturated/α-hetero) is 1. The lowest BCUT2D eigenvalue weighted by molar-refractivity contribution is -0.118. The van der Waals surface area contributed by atoms with Gasteiger partial charge in [0.2, 0.25) is 0 Å². The highest BCUT2D eigenvalue weighted by molar-refractivity contribution is 9.10. The number of carbonyl (C=O) groups is 1. The predicted molar refractivity (Wildman–Crippen MR) is 63.8 cm³/mol. The fraction of sp³-hybridized carbons (Fsp3) is 0.300. The maximum Gasteiger partial charge on any atom is 0.146 e. The van der Waals surface area contributed by atoms with Crippen molar-refractivity contribution in [2.45, 2.75) is 19.4 Å². The average Bonchev–Trinajstić information content (AvgIpc) is 2.08. The van der Waals surface area contributed by atoms with Crippen molar-refractivity contribution in [3.63, 3.8) is 0 Å². The van der Waals surface area contributed by atoms with Crippen molar-refractivity contribution in [3.8, 4) is 0 Å². The van der Waals surface area contributed by atoms with Gasteiger partial charge in [-0.25, -0.2) is 0 Å². The molecule has 0 heterocycles. The van der Waals surface area contributed by atoms with Crippen molar-refractivity contribution in [3.05, 3.63) is 34.3 Å². The number of halogens is 2. The Labute approximate surface area is 98.4 Å². The first-order valence-corrected chi connectivity index (χ1v) is 4.89. The van der Waals surface area contributed by atoms with Crippen LogP contribution in [0.4, 0.5) is 0 Å². The first-order valence-electron chi connectivity index (χ1n) is 4.10. The van der Waals surface area contributed by atoms with Crippen molar-refractivity contribution in [2.24, 2.45) is 5.73 Å². The third-order valence-electron chi connectivity index (χ3n) is 1.89. The van der Waals surface area contributed by atoms with Gasteiger partial charge in [0.25, 0.3) is 0 Å². The summed E-state index contributed by atoms with van der Waals surface area (Å²) in [4.78, 5) is 10.9. The second-order valence-corrected chi connectivity index (χ2v) is 3.96. The number of carbonyl (C=O) groups excluding carboxylic acids is 1. The van der Waals surface area contributed by atoms with Gasteiger partial charge in [-0.1, -0.05) is 28.1 Å². The van der Waals surface area contributed by atoms with E-state index in [1.165, 1.54) is 6.92 Å². The van der Waals surface area contributed by atoms with Gasteiger partial charge in [-0.3, -0.25) is 4.79 Å². The minimum atomic E-state index is -0.374. The fourth-order valence-corrected chi connectivity index (χ4v) is 1.28. The number of benzene rings is 1. The lowest BCUT2D eigenvalue weighted by Crippen LogP contribution is -2.30. The monoisotopic (exact) mass is 277 g/mol. The average molecular weight is 279 g/mol. The summed E-state index contributed by atoms with van der Waals surface area (Å²) < 4.78 is 1.03. The zero-order chi connectivity index (χ0) is 9.84. The maximum atomic E-state index is 10.9. The number of hydrogen-bond acceptors (Lipinski definition) is 2. The molecule has 1 aromatic carbocycles. The summed E-state index contributed by atoms with van der Waals surface area (Å²) in [5.74, 6) is 0.0305. The van der Waals surface area contributed by atoms with Gasteiger partial charge >= 0.3 is 0 Å². The summed E-state index contributed by atoms with van der Waals surface area (Å²) in [6.07, 6.45) is 0.614. The van der Waals surface area contributed by atoms with Crippen molar-refractivity contribution < 1.29 is 4.79 Å². The van der Waals surface area contributed by atoms with E-state index in [0.717, 1.165) is 10.0 Å². The van der Waals surface area contributed by atoms with Crippen LogP contribution in [-0.2, 0) is 11.2 Å². The van der Waals surface area contributed by atoms with Crippen LogP contribution in [0.2, 0.25) is 0 Å². The van der Waals surface area contributed by atoms with Crippen LogP contribution in [0.25, 0.3) is 0 Å². The summed E-state index contributed by atoms with van der Waals surface area (Å²) >= 11 is 3.34. The third kappa shape index (κ3) is 4.22. The molecule has 1 unspecified atom stereocenters. The summed E-state index contributed by atoms with van der Waals surface area (Å²) in [5.41, 5.74) is 6.71. The highest BCUT2D eigenvalue weighted by Crippen LogP contribution is 2.11. The molecular weight excluding hydrogens is 265 g/mol. The van der Waals surface area contributed by atoms with Gasteiger partial charge in [-0.15, -0.1) is 12.4 Å². The first-order chi connectivity index (χ1) is 6.09. The van der Waals surface area contributed by atoms with Gasteiger partial charge in [-0.05, 0) is 31.0 Å². The normalized spacial score (nSPS) is 11.6. The number of nitrogens with two attached hydrogens (primary N) is 1. The van der Waals surface area contributed by atoms with E-state index in [1.54, 1.807) is 0 Å². The molecular formula is C10H13BrClNO. The van der Waals surface area contributed by atoms with Crippen molar-refractivity contribution >= 4 is 34.1 Å². The molecule has 1 rings (SSSR count). The van der Waals surface area contributed by atoms with Crippen LogP contribution in [0.1, 0.15) is 12.5 Å². The van der Waals surface area contributed by atoms with Gasteiger partial charge in [0.1, 0.15) is 5.78 Å².